The summed E-state index contributed by atoms with van der Waals surface area (Å²) in [6, 6.07) is 8.78. The summed E-state index contributed by atoms with van der Waals surface area (Å²) in [5.74, 6) is 0.832. The number of morpholine rings is 1. The number of halogens is 1. The molecule has 1 aromatic carbocycles. The molecule has 0 bridgehead atoms. The number of aromatic nitrogens is 3. The van der Waals surface area contributed by atoms with Crippen LogP contribution in [-0.4, -0.2) is 46.2 Å². The van der Waals surface area contributed by atoms with Crippen LogP contribution in [0.4, 0.5) is 5.82 Å². The standard InChI is InChI=1S/C23H24ClN5OS/c1-14-18-20-21(31-23(18)28-15(2)19(14)24)22(27-13-26-20)25-11-16-3-5-17(6-4-16)12-29-7-9-30-10-8-29/h3-6,13H,7-12H2,1-2H3,(H,25,26,27). The number of fused-ring (bicyclic) bond motifs is 3. The minimum Gasteiger partial charge on any atom is -0.379 e. The molecule has 4 aromatic rings. The predicted octanol–water partition coefficient (Wildman–Crippen LogP) is 4.95. The third-order valence-corrected chi connectivity index (χ3v) is 7.37. The molecule has 5 rings (SSSR count). The lowest BCUT2D eigenvalue weighted by Crippen LogP contribution is -2.35. The summed E-state index contributed by atoms with van der Waals surface area (Å²) in [5.41, 5.74) is 5.32. The van der Waals surface area contributed by atoms with Crippen molar-refractivity contribution in [1.29, 1.82) is 0 Å². The summed E-state index contributed by atoms with van der Waals surface area (Å²) in [7, 11) is 0. The van der Waals surface area contributed by atoms with E-state index in [0.29, 0.717) is 11.6 Å². The highest BCUT2D eigenvalue weighted by Crippen LogP contribution is 2.39. The monoisotopic (exact) mass is 453 g/mol. The van der Waals surface area contributed by atoms with E-state index in [0.717, 1.165) is 70.4 Å². The molecule has 0 radical (unpaired) electrons. The molecule has 1 aliphatic heterocycles. The Balaban J connectivity index is 1.35. The van der Waals surface area contributed by atoms with Crippen LogP contribution in [0, 0.1) is 13.8 Å². The van der Waals surface area contributed by atoms with Crippen LogP contribution in [0.2, 0.25) is 5.02 Å². The van der Waals surface area contributed by atoms with Gasteiger partial charge in [-0.1, -0.05) is 35.9 Å². The molecule has 0 spiro atoms. The summed E-state index contributed by atoms with van der Waals surface area (Å²) in [6.45, 7) is 9.29. The van der Waals surface area contributed by atoms with Gasteiger partial charge in [0.05, 0.1) is 34.1 Å². The van der Waals surface area contributed by atoms with Crippen LogP contribution in [0.25, 0.3) is 20.4 Å². The Kier molecular flexibility index (Phi) is 5.75. The van der Waals surface area contributed by atoms with E-state index in [9.17, 15) is 0 Å². The number of ether oxygens (including phenoxy) is 1. The first-order valence-corrected chi connectivity index (χ1v) is 11.6. The van der Waals surface area contributed by atoms with Crippen LogP contribution in [0.15, 0.2) is 30.6 Å². The molecule has 6 nitrogen and oxygen atoms in total. The van der Waals surface area contributed by atoms with Gasteiger partial charge in [0.1, 0.15) is 17.0 Å². The Morgan fingerprint density at radius 3 is 2.61 bits per heavy atom. The van der Waals surface area contributed by atoms with Gasteiger partial charge >= 0.3 is 0 Å². The topological polar surface area (TPSA) is 63.2 Å². The molecule has 8 heteroatoms. The molecule has 0 unspecified atom stereocenters. The van der Waals surface area contributed by atoms with Gasteiger partial charge in [-0.25, -0.2) is 15.0 Å². The molecule has 3 aromatic heterocycles. The minimum absolute atomic E-state index is 0.699. The summed E-state index contributed by atoms with van der Waals surface area (Å²) in [4.78, 5) is 17.1. The zero-order valence-corrected chi connectivity index (χ0v) is 19.2. The van der Waals surface area contributed by atoms with Gasteiger partial charge < -0.3 is 10.1 Å². The fraction of sp³-hybridized carbons (Fsp3) is 0.348. The van der Waals surface area contributed by atoms with Crippen molar-refractivity contribution in [2.45, 2.75) is 26.9 Å². The van der Waals surface area contributed by atoms with E-state index in [4.69, 9.17) is 16.3 Å². The highest BCUT2D eigenvalue weighted by molar-refractivity contribution is 7.26. The van der Waals surface area contributed by atoms with Crippen molar-refractivity contribution in [3.8, 4) is 0 Å². The fourth-order valence-electron chi connectivity index (χ4n) is 3.99. The zero-order chi connectivity index (χ0) is 21.4. The van der Waals surface area contributed by atoms with E-state index in [1.54, 1.807) is 17.7 Å². The Morgan fingerprint density at radius 1 is 1.10 bits per heavy atom. The first-order valence-electron chi connectivity index (χ1n) is 10.4. The number of thiophene rings is 1. The molecule has 0 saturated carbocycles. The number of nitrogens with zero attached hydrogens (tertiary/aromatic N) is 4. The molecule has 160 valence electrons. The number of hydrogen-bond acceptors (Lipinski definition) is 7. The number of aryl methyl sites for hydroxylation is 2. The molecule has 1 saturated heterocycles. The quantitative estimate of drug-likeness (QED) is 0.461. The second kappa shape index (κ2) is 8.67. The van der Waals surface area contributed by atoms with Gasteiger partial charge in [0.25, 0.3) is 0 Å². The van der Waals surface area contributed by atoms with Gasteiger partial charge in [0, 0.05) is 31.6 Å². The van der Waals surface area contributed by atoms with Crippen molar-refractivity contribution in [3.63, 3.8) is 0 Å². The van der Waals surface area contributed by atoms with Gasteiger partial charge in [0.2, 0.25) is 0 Å². The normalized spacial score (nSPS) is 15.1. The third kappa shape index (κ3) is 4.11. The van der Waals surface area contributed by atoms with Crippen LogP contribution < -0.4 is 5.32 Å². The Bertz CT molecular complexity index is 1230. The SMILES string of the molecule is Cc1nc2sc3c(NCc4ccc(CN5CCOCC5)cc4)ncnc3c2c(C)c1Cl. The number of anilines is 1. The first kappa shape index (κ1) is 20.6. The minimum atomic E-state index is 0.699. The predicted molar refractivity (Wildman–Crippen MR) is 127 cm³/mol. The van der Waals surface area contributed by atoms with E-state index in [1.807, 2.05) is 13.8 Å². The van der Waals surface area contributed by atoms with Gasteiger partial charge in [0.15, 0.2) is 0 Å². The van der Waals surface area contributed by atoms with Gasteiger partial charge in [-0.3, -0.25) is 4.90 Å². The summed E-state index contributed by atoms with van der Waals surface area (Å²) < 4.78 is 6.44. The molecule has 1 N–H and O–H groups in total. The highest BCUT2D eigenvalue weighted by Gasteiger charge is 2.17. The van der Waals surface area contributed by atoms with E-state index in [2.05, 4.69) is 49.4 Å². The molecular formula is C23H24ClN5OS. The zero-order valence-electron chi connectivity index (χ0n) is 17.6. The number of hydrogen-bond donors (Lipinski definition) is 1. The van der Waals surface area contributed by atoms with Crippen LogP contribution in [-0.2, 0) is 17.8 Å². The molecule has 4 heterocycles. The molecule has 0 atom stereocenters. The third-order valence-electron chi connectivity index (χ3n) is 5.74. The smallest absolute Gasteiger partial charge is 0.147 e. The van der Waals surface area contributed by atoms with Crippen molar-refractivity contribution >= 4 is 49.2 Å². The van der Waals surface area contributed by atoms with E-state index in [-0.39, 0.29) is 0 Å². The molecule has 0 amide bonds. The fourth-order valence-corrected chi connectivity index (χ4v) is 5.33. The van der Waals surface area contributed by atoms with Crippen molar-refractivity contribution in [3.05, 3.63) is 58.0 Å². The summed E-state index contributed by atoms with van der Waals surface area (Å²) in [6.07, 6.45) is 1.61. The van der Waals surface area contributed by atoms with E-state index >= 15 is 0 Å². The van der Waals surface area contributed by atoms with Gasteiger partial charge in [-0.05, 0) is 30.5 Å². The van der Waals surface area contributed by atoms with Crippen molar-refractivity contribution in [2.75, 3.05) is 31.6 Å². The van der Waals surface area contributed by atoms with Crippen LogP contribution in [0.3, 0.4) is 0 Å². The Hall–Kier alpha value is -2.32. The maximum Gasteiger partial charge on any atom is 0.147 e. The first-order chi connectivity index (χ1) is 15.1. The molecule has 0 aliphatic carbocycles. The van der Waals surface area contributed by atoms with Crippen LogP contribution in [0.1, 0.15) is 22.4 Å². The Morgan fingerprint density at radius 2 is 1.84 bits per heavy atom. The largest absolute Gasteiger partial charge is 0.379 e. The molecule has 1 fully saturated rings. The lowest BCUT2D eigenvalue weighted by atomic mass is 10.1. The second-order valence-corrected chi connectivity index (χ2v) is 9.25. The molecule has 1 aliphatic rings. The average molecular weight is 454 g/mol. The Labute approximate surface area is 190 Å². The maximum atomic E-state index is 6.44. The second-order valence-electron chi connectivity index (χ2n) is 7.88. The van der Waals surface area contributed by atoms with Gasteiger partial charge in [-0.2, -0.15) is 0 Å². The lowest BCUT2D eigenvalue weighted by molar-refractivity contribution is 0.0342. The lowest BCUT2D eigenvalue weighted by Gasteiger charge is -2.26. The van der Waals surface area contributed by atoms with Crippen LogP contribution in [0.5, 0.6) is 0 Å². The highest BCUT2D eigenvalue weighted by atomic mass is 35.5. The van der Waals surface area contributed by atoms with E-state index < -0.39 is 0 Å². The van der Waals surface area contributed by atoms with Crippen molar-refractivity contribution < 1.29 is 4.74 Å². The number of pyridine rings is 1. The molecule has 31 heavy (non-hydrogen) atoms. The average Bonchev–Trinajstić information content (AvgIpc) is 3.16. The number of benzene rings is 1. The maximum absolute atomic E-state index is 6.44. The van der Waals surface area contributed by atoms with Gasteiger partial charge in [-0.15, -0.1) is 11.3 Å². The van der Waals surface area contributed by atoms with Crippen LogP contribution >= 0.6 is 22.9 Å². The van der Waals surface area contributed by atoms with Crippen molar-refractivity contribution in [2.24, 2.45) is 0 Å². The summed E-state index contributed by atoms with van der Waals surface area (Å²) in [5, 5.41) is 5.21. The summed E-state index contributed by atoms with van der Waals surface area (Å²) >= 11 is 8.05. The molecular weight excluding hydrogens is 430 g/mol. The van der Waals surface area contributed by atoms with E-state index in [1.165, 1.54) is 11.1 Å². The number of nitrogens with one attached hydrogen (secondary N) is 1. The van der Waals surface area contributed by atoms with Crippen molar-refractivity contribution in [1.82, 2.24) is 19.9 Å². The number of rotatable bonds is 5.